The fourth-order valence-corrected chi connectivity index (χ4v) is 5.67. The second kappa shape index (κ2) is 16.7. The molecule has 11 heteroatoms. The molecule has 4 aromatic rings. The minimum absolute atomic E-state index is 0.0703. The highest BCUT2D eigenvalue weighted by molar-refractivity contribution is 7.92. The van der Waals surface area contributed by atoms with Crippen molar-refractivity contribution in [3.05, 3.63) is 131 Å². The van der Waals surface area contributed by atoms with Gasteiger partial charge in [-0.05, 0) is 67.3 Å². The minimum atomic E-state index is -3.70. The lowest BCUT2D eigenvalue weighted by atomic mass is 10.00. The molecule has 0 radical (unpaired) electrons. The van der Waals surface area contributed by atoms with Crippen LogP contribution in [0.1, 0.15) is 57.3 Å². The Morgan fingerprint density at radius 3 is 2.02 bits per heavy atom. The number of benzene rings is 4. The number of aliphatic hydroxyl groups is 1. The first kappa shape index (κ1) is 35.1. The lowest BCUT2D eigenvalue weighted by molar-refractivity contribution is 0.0830. The van der Waals surface area contributed by atoms with Crippen molar-refractivity contribution in [1.82, 2.24) is 16.0 Å². The summed E-state index contributed by atoms with van der Waals surface area (Å²) in [4.78, 5) is 27.1. The molecule has 4 rings (SSSR count). The Balaban J connectivity index is 1.56. The topological polar surface area (TPSA) is 149 Å². The Morgan fingerprint density at radius 1 is 0.766 bits per heavy atom. The second-order valence-corrected chi connectivity index (χ2v) is 13.3. The van der Waals surface area contributed by atoms with Crippen LogP contribution in [0.25, 0.3) is 0 Å². The van der Waals surface area contributed by atoms with Gasteiger partial charge in [-0.3, -0.25) is 14.3 Å². The number of carbonyl (C=O) groups is 2. The Labute approximate surface area is 277 Å². The smallest absolute Gasteiger partial charge is 0.251 e. The zero-order valence-corrected chi connectivity index (χ0v) is 27.7. The number of nitrogens with one attached hydrogen (secondary N) is 5. The molecule has 248 valence electrons. The van der Waals surface area contributed by atoms with Crippen molar-refractivity contribution in [2.24, 2.45) is 0 Å². The number of aliphatic hydroxyl groups excluding tert-OH is 1. The van der Waals surface area contributed by atoms with E-state index in [2.05, 4.69) is 26.0 Å². The van der Waals surface area contributed by atoms with E-state index in [1.54, 1.807) is 0 Å². The molecule has 0 unspecified atom stereocenters. The average molecular weight is 658 g/mol. The molecule has 10 nitrogen and oxygen atoms in total. The van der Waals surface area contributed by atoms with Gasteiger partial charge in [0.1, 0.15) is 0 Å². The Hall–Kier alpha value is -4.71. The van der Waals surface area contributed by atoms with Crippen LogP contribution >= 0.6 is 0 Å². The first-order chi connectivity index (χ1) is 22.6. The largest absolute Gasteiger partial charge is 0.390 e. The van der Waals surface area contributed by atoms with Gasteiger partial charge in [-0.1, -0.05) is 72.8 Å². The molecule has 47 heavy (non-hydrogen) atoms. The molecule has 0 fully saturated rings. The van der Waals surface area contributed by atoms with Crippen molar-refractivity contribution in [1.29, 1.82) is 0 Å². The standard InChI is InChI=1S/C36H43N5O5S/c1-4-47(45,46)41-32-21-29(35(43)39-25(2)28-15-9-6-10-16-28)20-30(22-32)36(44)40-33(19-26-12-7-5-8-13-26)34(42)24-38-23-27-14-11-17-31(18-27)37-3/h5-18,20-22,25,33-34,37-38,41-42H,4,19,23-24H2,1-3H3,(H,39,43)(H,40,44)/t25-,33+,34-/m1/s1. The molecule has 0 spiro atoms. The highest BCUT2D eigenvalue weighted by Gasteiger charge is 2.24. The van der Waals surface area contributed by atoms with Gasteiger partial charge in [-0.15, -0.1) is 0 Å². The molecular weight excluding hydrogens is 614 g/mol. The van der Waals surface area contributed by atoms with Crippen molar-refractivity contribution in [3.63, 3.8) is 0 Å². The van der Waals surface area contributed by atoms with Gasteiger partial charge < -0.3 is 26.4 Å². The normalized spacial score (nSPS) is 13.2. The van der Waals surface area contributed by atoms with Crippen molar-refractivity contribution >= 4 is 33.2 Å². The number of hydrogen-bond donors (Lipinski definition) is 6. The van der Waals surface area contributed by atoms with E-state index in [0.29, 0.717) is 13.0 Å². The molecule has 0 aliphatic carbocycles. The predicted octanol–water partition coefficient (Wildman–Crippen LogP) is 4.47. The van der Waals surface area contributed by atoms with Gasteiger partial charge in [0.25, 0.3) is 11.8 Å². The lowest BCUT2D eigenvalue weighted by Gasteiger charge is -2.25. The fourth-order valence-electron chi connectivity index (χ4n) is 5.05. The van der Waals surface area contributed by atoms with Gasteiger partial charge >= 0.3 is 0 Å². The molecule has 2 amide bonds. The van der Waals surface area contributed by atoms with E-state index in [-0.39, 0.29) is 35.2 Å². The van der Waals surface area contributed by atoms with Crippen molar-refractivity contribution in [2.75, 3.05) is 29.4 Å². The monoisotopic (exact) mass is 657 g/mol. The number of hydrogen-bond acceptors (Lipinski definition) is 7. The van der Waals surface area contributed by atoms with E-state index < -0.39 is 34.0 Å². The summed E-state index contributed by atoms with van der Waals surface area (Å²) in [5.74, 6) is -1.22. The van der Waals surface area contributed by atoms with E-state index in [1.165, 1.54) is 25.1 Å². The van der Waals surface area contributed by atoms with Gasteiger partial charge in [0, 0.05) is 37.0 Å². The molecule has 0 bridgehead atoms. The zero-order chi connectivity index (χ0) is 33.8. The van der Waals surface area contributed by atoms with E-state index in [9.17, 15) is 23.1 Å². The fraction of sp³-hybridized carbons (Fsp3) is 0.278. The number of carbonyl (C=O) groups excluding carboxylic acids is 2. The minimum Gasteiger partial charge on any atom is -0.390 e. The summed E-state index contributed by atoms with van der Waals surface area (Å²) in [6.07, 6.45) is -0.628. The Kier molecular flexibility index (Phi) is 12.5. The number of amides is 2. The number of rotatable bonds is 16. The summed E-state index contributed by atoms with van der Waals surface area (Å²) in [6.45, 7) is 4.04. The van der Waals surface area contributed by atoms with Crippen LogP contribution in [-0.2, 0) is 23.0 Å². The van der Waals surface area contributed by atoms with Crippen molar-refractivity contribution in [3.8, 4) is 0 Å². The molecule has 0 saturated carbocycles. The highest BCUT2D eigenvalue weighted by atomic mass is 32.2. The van der Waals surface area contributed by atoms with Crippen LogP contribution < -0.4 is 26.0 Å². The average Bonchev–Trinajstić information content (AvgIpc) is 3.08. The summed E-state index contributed by atoms with van der Waals surface area (Å²) in [6, 6.07) is 30.0. The van der Waals surface area contributed by atoms with Gasteiger partial charge in [0.05, 0.1) is 29.6 Å². The summed E-state index contributed by atoms with van der Waals surface area (Å²) >= 11 is 0. The summed E-state index contributed by atoms with van der Waals surface area (Å²) in [7, 11) is -1.85. The third-order valence-corrected chi connectivity index (χ3v) is 9.04. The third kappa shape index (κ3) is 10.7. The first-order valence-corrected chi connectivity index (χ1v) is 17.2. The third-order valence-electron chi connectivity index (χ3n) is 7.74. The Morgan fingerprint density at radius 2 is 1.38 bits per heavy atom. The molecule has 0 aliphatic heterocycles. The highest BCUT2D eigenvalue weighted by Crippen LogP contribution is 2.20. The van der Waals surface area contributed by atoms with E-state index >= 15 is 0 Å². The maximum atomic E-state index is 13.8. The quantitative estimate of drug-likeness (QED) is 0.104. The molecule has 0 aliphatic rings. The van der Waals surface area contributed by atoms with E-state index in [4.69, 9.17) is 0 Å². The van der Waals surface area contributed by atoms with Gasteiger partial charge in [0.15, 0.2) is 0 Å². The van der Waals surface area contributed by atoms with E-state index in [0.717, 1.165) is 22.4 Å². The maximum Gasteiger partial charge on any atom is 0.251 e. The number of anilines is 2. The number of sulfonamides is 1. The molecule has 3 atom stereocenters. The molecular formula is C36H43N5O5S. The Bertz CT molecular complexity index is 1740. The summed E-state index contributed by atoms with van der Waals surface area (Å²) in [5, 5.41) is 23.5. The van der Waals surface area contributed by atoms with Crippen LogP contribution in [0, 0.1) is 0 Å². The van der Waals surface area contributed by atoms with Gasteiger partial charge in [-0.2, -0.15) is 0 Å². The van der Waals surface area contributed by atoms with Crippen LogP contribution in [0.5, 0.6) is 0 Å². The van der Waals surface area contributed by atoms with Crippen LogP contribution in [0.4, 0.5) is 11.4 Å². The van der Waals surface area contributed by atoms with Crippen LogP contribution in [0.15, 0.2) is 103 Å². The van der Waals surface area contributed by atoms with Crippen LogP contribution in [-0.4, -0.2) is 56.8 Å². The zero-order valence-electron chi connectivity index (χ0n) is 26.9. The predicted molar refractivity (Wildman–Crippen MR) is 187 cm³/mol. The molecule has 6 N–H and O–H groups in total. The van der Waals surface area contributed by atoms with Crippen LogP contribution in [0.3, 0.4) is 0 Å². The SMILES string of the molecule is CCS(=O)(=O)Nc1cc(C(=O)N[C@@H](Cc2ccccc2)[C@H](O)CNCc2cccc(NC)c2)cc(C(=O)N[C@H](C)c2ccccc2)c1. The molecule has 0 heterocycles. The van der Waals surface area contributed by atoms with Crippen molar-refractivity contribution in [2.45, 2.75) is 45.0 Å². The van der Waals surface area contributed by atoms with Gasteiger partial charge in [0.2, 0.25) is 10.0 Å². The lowest BCUT2D eigenvalue weighted by Crippen LogP contribution is -2.48. The maximum absolute atomic E-state index is 13.8. The summed E-state index contributed by atoms with van der Waals surface area (Å²) < 4.78 is 27.4. The first-order valence-electron chi connectivity index (χ1n) is 15.6. The van der Waals surface area contributed by atoms with Crippen LogP contribution in [0.2, 0.25) is 0 Å². The molecule has 4 aromatic carbocycles. The van der Waals surface area contributed by atoms with Crippen molar-refractivity contribution < 1.29 is 23.1 Å². The second-order valence-electron chi connectivity index (χ2n) is 11.3. The summed E-state index contributed by atoms with van der Waals surface area (Å²) in [5.41, 5.74) is 4.08. The molecule has 0 saturated heterocycles. The van der Waals surface area contributed by atoms with E-state index in [1.807, 2.05) is 98.9 Å². The van der Waals surface area contributed by atoms with Gasteiger partial charge in [-0.25, -0.2) is 8.42 Å². The molecule has 0 aromatic heterocycles.